The Morgan fingerprint density at radius 1 is 1.43 bits per heavy atom. The fraction of sp³-hybridized carbons (Fsp3) is 0.438. The number of nitrogens with one attached hydrogen (secondary N) is 1. The molecule has 0 atom stereocenters. The summed E-state index contributed by atoms with van der Waals surface area (Å²) in [6.07, 6.45) is 0.647. The van der Waals surface area contributed by atoms with E-state index in [1.54, 1.807) is 0 Å². The van der Waals surface area contributed by atoms with E-state index in [4.69, 9.17) is 10.8 Å². The van der Waals surface area contributed by atoms with Gasteiger partial charge >= 0.3 is 0 Å². The predicted octanol–water partition coefficient (Wildman–Crippen LogP) is 2.93. The summed E-state index contributed by atoms with van der Waals surface area (Å²) < 4.78 is 1.06. The van der Waals surface area contributed by atoms with Gasteiger partial charge in [-0.2, -0.15) is 0 Å². The summed E-state index contributed by atoms with van der Waals surface area (Å²) in [5.74, 6) is -0.140. The van der Waals surface area contributed by atoms with Crippen molar-refractivity contribution in [3.8, 4) is 0 Å². The first kappa shape index (κ1) is 15.8. The van der Waals surface area contributed by atoms with Crippen LogP contribution in [-0.4, -0.2) is 24.2 Å². The van der Waals surface area contributed by atoms with E-state index in [1.807, 2.05) is 39.0 Å². The lowest BCUT2D eigenvalue weighted by molar-refractivity contribution is 0.0933. The number of nitrogens with two attached hydrogens (primary N) is 1. The predicted molar refractivity (Wildman–Crippen MR) is 88.8 cm³/mol. The second-order valence-electron chi connectivity index (χ2n) is 6.12. The SMILES string of the molecule is Cc1cccc2c(N)c(C(=O)NCC(C)(C)CCO)sc12. The maximum Gasteiger partial charge on any atom is 0.263 e. The van der Waals surface area contributed by atoms with Crippen LogP contribution in [0, 0.1) is 12.3 Å². The van der Waals surface area contributed by atoms with E-state index in [0.29, 0.717) is 23.5 Å². The second kappa shape index (κ2) is 6.03. The third-order valence-electron chi connectivity index (χ3n) is 3.67. The van der Waals surface area contributed by atoms with Gasteiger partial charge in [-0.3, -0.25) is 4.79 Å². The normalized spacial score (nSPS) is 11.8. The van der Waals surface area contributed by atoms with Crippen LogP contribution >= 0.6 is 11.3 Å². The molecule has 0 spiro atoms. The van der Waals surface area contributed by atoms with Gasteiger partial charge in [-0.1, -0.05) is 32.0 Å². The molecule has 21 heavy (non-hydrogen) atoms. The highest BCUT2D eigenvalue weighted by molar-refractivity contribution is 7.21. The molecule has 1 heterocycles. The van der Waals surface area contributed by atoms with Crippen molar-refractivity contribution < 1.29 is 9.90 Å². The number of benzene rings is 1. The van der Waals surface area contributed by atoms with E-state index < -0.39 is 0 Å². The average molecular weight is 306 g/mol. The molecule has 0 fully saturated rings. The molecule has 0 saturated heterocycles. The van der Waals surface area contributed by atoms with E-state index in [0.717, 1.165) is 15.6 Å². The number of carbonyl (C=O) groups is 1. The number of aryl methyl sites for hydroxylation is 1. The first-order valence-electron chi connectivity index (χ1n) is 7.02. The Bertz CT molecular complexity index is 662. The summed E-state index contributed by atoms with van der Waals surface area (Å²) in [5, 5.41) is 12.9. The number of rotatable bonds is 5. The van der Waals surface area contributed by atoms with Crippen molar-refractivity contribution in [2.24, 2.45) is 5.41 Å². The summed E-state index contributed by atoms with van der Waals surface area (Å²) in [5.41, 5.74) is 7.66. The van der Waals surface area contributed by atoms with Crippen molar-refractivity contribution in [3.63, 3.8) is 0 Å². The highest BCUT2D eigenvalue weighted by Crippen LogP contribution is 2.35. The minimum Gasteiger partial charge on any atom is -0.397 e. The van der Waals surface area contributed by atoms with E-state index in [9.17, 15) is 4.79 Å². The number of fused-ring (bicyclic) bond motifs is 1. The molecule has 2 rings (SSSR count). The van der Waals surface area contributed by atoms with Crippen LogP contribution in [0.4, 0.5) is 5.69 Å². The van der Waals surface area contributed by atoms with E-state index >= 15 is 0 Å². The number of hydrogen-bond acceptors (Lipinski definition) is 4. The van der Waals surface area contributed by atoms with Crippen LogP contribution < -0.4 is 11.1 Å². The maximum absolute atomic E-state index is 12.4. The van der Waals surface area contributed by atoms with Gasteiger partial charge in [0, 0.05) is 23.2 Å². The lowest BCUT2D eigenvalue weighted by atomic mass is 9.90. The largest absolute Gasteiger partial charge is 0.397 e. The van der Waals surface area contributed by atoms with Crippen molar-refractivity contribution in [1.29, 1.82) is 0 Å². The number of hydrogen-bond donors (Lipinski definition) is 3. The number of amides is 1. The summed E-state index contributed by atoms with van der Waals surface area (Å²) in [6.45, 7) is 6.68. The molecule has 0 aliphatic carbocycles. The number of nitrogen functional groups attached to an aromatic ring is 1. The molecular weight excluding hydrogens is 284 g/mol. The quantitative estimate of drug-likeness (QED) is 0.795. The first-order valence-corrected chi connectivity index (χ1v) is 7.84. The molecule has 4 nitrogen and oxygen atoms in total. The fourth-order valence-electron chi connectivity index (χ4n) is 2.24. The third kappa shape index (κ3) is 3.36. The molecule has 5 heteroatoms. The third-order valence-corrected chi connectivity index (χ3v) is 5.03. The van der Waals surface area contributed by atoms with Crippen LogP contribution in [0.15, 0.2) is 18.2 Å². The first-order chi connectivity index (χ1) is 9.85. The highest BCUT2D eigenvalue weighted by atomic mass is 32.1. The zero-order valence-electron chi connectivity index (χ0n) is 12.7. The van der Waals surface area contributed by atoms with Crippen molar-refractivity contribution in [2.75, 3.05) is 18.9 Å². The van der Waals surface area contributed by atoms with Crippen LogP contribution in [0.25, 0.3) is 10.1 Å². The minimum atomic E-state index is -0.140. The van der Waals surface area contributed by atoms with Crippen LogP contribution in [0.1, 0.15) is 35.5 Å². The Balaban J connectivity index is 2.20. The van der Waals surface area contributed by atoms with E-state index in [1.165, 1.54) is 11.3 Å². The molecule has 114 valence electrons. The minimum absolute atomic E-state index is 0.118. The fourth-order valence-corrected chi connectivity index (χ4v) is 3.34. The molecule has 0 saturated carbocycles. The van der Waals surface area contributed by atoms with Crippen LogP contribution in [0.3, 0.4) is 0 Å². The molecule has 0 bridgehead atoms. The number of carbonyl (C=O) groups excluding carboxylic acids is 1. The Hall–Kier alpha value is -1.59. The van der Waals surface area contributed by atoms with Gasteiger partial charge in [0.2, 0.25) is 0 Å². The molecule has 2 aromatic rings. The summed E-state index contributed by atoms with van der Waals surface area (Å²) in [7, 11) is 0. The zero-order valence-corrected chi connectivity index (χ0v) is 13.5. The van der Waals surface area contributed by atoms with Crippen molar-refractivity contribution in [3.05, 3.63) is 28.6 Å². The zero-order chi connectivity index (χ0) is 15.6. The van der Waals surface area contributed by atoms with Crippen LogP contribution in [0.2, 0.25) is 0 Å². The number of anilines is 1. The van der Waals surface area contributed by atoms with Crippen molar-refractivity contribution in [1.82, 2.24) is 5.32 Å². The molecule has 1 aromatic heterocycles. The number of aliphatic hydroxyl groups is 1. The Morgan fingerprint density at radius 2 is 2.14 bits per heavy atom. The van der Waals surface area contributed by atoms with Gasteiger partial charge in [-0.25, -0.2) is 0 Å². The molecule has 0 radical (unpaired) electrons. The molecule has 0 aliphatic rings. The Kier molecular flexibility index (Phi) is 4.54. The number of aliphatic hydroxyl groups excluding tert-OH is 1. The van der Waals surface area contributed by atoms with Gasteiger partial charge in [0.25, 0.3) is 5.91 Å². The van der Waals surface area contributed by atoms with Gasteiger partial charge < -0.3 is 16.2 Å². The lowest BCUT2D eigenvalue weighted by Gasteiger charge is -2.23. The summed E-state index contributed by atoms with van der Waals surface area (Å²) in [4.78, 5) is 12.9. The van der Waals surface area contributed by atoms with Gasteiger partial charge in [-0.15, -0.1) is 11.3 Å². The van der Waals surface area contributed by atoms with E-state index in [-0.39, 0.29) is 17.9 Å². The topological polar surface area (TPSA) is 75.4 Å². The van der Waals surface area contributed by atoms with E-state index in [2.05, 4.69) is 5.32 Å². The molecule has 0 unspecified atom stereocenters. The standard InChI is InChI=1S/C16H22N2O2S/c1-10-5-4-6-11-12(17)14(21-13(10)11)15(20)18-9-16(2,3)7-8-19/h4-6,19H,7-9,17H2,1-3H3,(H,18,20). The average Bonchev–Trinajstić information content (AvgIpc) is 2.76. The van der Waals surface area contributed by atoms with Crippen molar-refractivity contribution >= 4 is 33.0 Å². The van der Waals surface area contributed by atoms with Crippen LogP contribution in [0.5, 0.6) is 0 Å². The van der Waals surface area contributed by atoms with Gasteiger partial charge in [0.05, 0.1) is 5.69 Å². The molecular formula is C16H22N2O2S. The summed E-state index contributed by atoms with van der Waals surface area (Å²) >= 11 is 1.44. The van der Waals surface area contributed by atoms with Crippen molar-refractivity contribution in [2.45, 2.75) is 27.2 Å². The molecule has 4 N–H and O–H groups in total. The summed E-state index contributed by atoms with van der Waals surface area (Å²) in [6, 6.07) is 5.91. The number of thiophene rings is 1. The smallest absolute Gasteiger partial charge is 0.263 e. The van der Waals surface area contributed by atoms with Gasteiger partial charge in [-0.05, 0) is 24.3 Å². The van der Waals surface area contributed by atoms with Gasteiger partial charge in [0.1, 0.15) is 4.88 Å². The highest BCUT2D eigenvalue weighted by Gasteiger charge is 2.21. The second-order valence-corrected chi connectivity index (χ2v) is 7.14. The molecule has 1 aromatic carbocycles. The maximum atomic E-state index is 12.4. The molecule has 0 aliphatic heterocycles. The Morgan fingerprint density at radius 3 is 2.76 bits per heavy atom. The monoisotopic (exact) mass is 306 g/mol. The Labute approximate surface area is 129 Å². The van der Waals surface area contributed by atoms with Crippen LogP contribution in [-0.2, 0) is 0 Å². The lowest BCUT2D eigenvalue weighted by Crippen LogP contribution is -2.34. The van der Waals surface area contributed by atoms with Gasteiger partial charge in [0.15, 0.2) is 0 Å². The molecule has 1 amide bonds.